The molecule has 0 aromatic carbocycles. The van der Waals surface area contributed by atoms with Crippen LogP contribution in [0, 0.1) is 0 Å². The van der Waals surface area contributed by atoms with Gasteiger partial charge < -0.3 is 15.5 Å². The molecule has 7 heteroatoms. The van der Waals surface area contributed by atoms with Gasteiger partial charge in [-0.2, -0.15) is 0 Å². The third kappa shape index (κ3) is 6.81. The zero-order valence-corrected chi connectivity index (χ0v) is 17.9. The van der Waals surface area contributed by atoms with E-state index in [0.717, 1.165) is 45.2 Å². The van der Waals surface area contributed by atoms with Gasteiger partial charge in [0.15, 0.2) is 5.96 Å². The van der Waals surface area contributed by atoms with Crippen LogP contribution in [0.1, 0.15) is 51.0 Å². The SMILES string of the molecule is CCNC(=NCC(c1cccs1)N1CCCC1)NCCC(=O)N(CC)CC. The summed E-state index contributed by atoms with van der Waals surface area (Å²) in [5.41, 5.74) is 0. The molecule has 1 saturated heterocycles. The Labute approximate surface area is 168 Å². The molecule has 2 rings (SSSR count). The molecule has 0 aliphatic carbocycles. The lowest BCUT2D eigenvalue weighted by molar-refractivity contribution is -0.130. The van der Waals surface area contributed by atoms with Crippen LogP contribution in [0.3, 0.4) is 0 Å². The van der Waals surface area contributed by atoms with Gasteiger partial charge in [0.05, 0.1) is 12.6 Å². The number of hydrogen-bond acceptors (Lipinski definition) is 4. The normalized spacial score (nSPS) is 16.3. The first-order valence-electron chi connectivity index (χ1n) is 10.3. The summed E-state index contributed by atoms with van der Waals surface area (Å²) in [6.07, 6.45) is 3.04. The quantitative estimate of drug-likeness (QED) is 0.474. The van der Waals surface area contributed by atoms with Crippen LogP contribution in [-0.4, -0.2) is 67.5 Å². The van der Waals surface area contributed by atoms with Gasteiger partial charge in [-0.05, 0) is 58.1 Å². The van der Waals surface area contributed by atoms with Gasteiger partial charge in [0.1, 0.15) is 0 Å². The minimum Gasteiger partial charge on any atom is -0.357 e. The molecule has 1 aliphatic heterocycles. The Morgan fingerprint density at radius 1 is 1.26 bits per heavy atom. The second kappa shape index (κ2) is 12.0. The first-order valence-corrected chi connectivity index (χ1v) is 11.1. The van der Waals surface area contributed by atoms with Crippen molar-refractivity contribution in [3.63, 3.8) is 0 Å². The van der Waals surface area contributed by atoms with E-state index in [2.05, 4.69) is 40.0 Å². The molecule has 1 unspecified atom stereocenters. The summed E-state index contributed by atoms with van der Waals surface area (Å²) in [4.78, 5) is 22.8. The number of nitrogens with zero attached hydrogens (tertiary/aromatic N) is 3. The Hall–Kier alpha value is -1.60. The van der Waals surface area contributed by atoms with E-state index in [9.17, 15) is 4.79 Å². The van der Waals surface area contributed by atoms with E-state index in [1.54, 1.807) is 0 Å². The molecular weight excluding hydrogens is 358 g/mol. The molecule has 1 aliphatic rings. The third-order valence-electron chi connectivity index (χ3n) is 4.97. The maximum absolute atomic E-state index is 12.2. The monoisotopic (exact) mass is 393 g/mol. The fraction of sp³-hybridized carbons (Fsp3) is 0.700. The summed E-state index contributed by atoms with van der Waals surface area (Å²) in [5, 5.41) is 8.77. The highest BCUT2D eigenvalue weighted by molar-refractivity contribution is 7.10. The van der Waals surface area contributed by atoms with Crippen LogP contribution in [-0.2, 0) is 4.79 Å². The van der Waals surface area contributed by atoms with Crippen molar-refractivity contribution in [2.24, 2.45) is 4.99 Å². The van der Waals surface area contributed by atoms with Gasteiger partial charge in [0.2, 0.25) is 5.91 Å². The molecule has 2 heterocycles. The summed E-state index contributed by atoms with van der Waals surface area (Å²) in [6, 6.07) is 4.68. The molecule has 1 aromatic rings. The standard InChI is InChI=1S/C20H35N5OS/c1-4-21-20(22-12-11-19(26)24(5-2)6-3)23-16-17(18-10-9-15-27-18)25-13-7-8-14-25/h9-10,15,17H,4-8,11-14,16H2,1-3H3,(H2,21,22,23). The minimum atomic E-state index is 0.192. The van der Waals surface area contributed by atoms with Crippen molar-refractivity contribution < 1.29 is 4.79 Å². The number of nitrogens with one attached hydrogen (secondary N) is 2. The van der Waals surface area contributed by atoms with E-state index in [0.29, 0.717) is 19.0 Å². The Morgan fingerprint density at radius 3 is 2.59 bits per heavy atom. The number of hydrogen-bond donors (Lipinski definition) is 2. The van der Waals surface area contributed by atoms with Crippen LogP contribution in [0.15, 0.2) is 22.5 Å². The van der Waals surface area contributed by atoms with Crippen molar-refractivity contribution in [2.75, 3.05) is 45.8 Å². The lowest BCUT2D eigenvalue weighted by Crippen LogP contribution is -2.40. The minimum absolute atomic E-state index is 0.192. The number of likely N-dealkylation sites (tertiary alicyclic amines) is 1. The Balaban J connectivity index is 1.93. The average Bonchev–Trinajstić information content (AvgIpc) is 3.37. The van der Waals surface area contributed by atoms with Crippen molar-refractivity contribution in [1.29, 1.82) is 0 Å². The van der Waals surface area contributed by atoms with Gasteiger partial charge in [-0.3, -0.25) is 14.7 Å². The first-order chi connectivity index (χ1) is 13.2. The molecule has 1 amide bonds. The molecule has 1 atom stereocenters. The second-order valence-electron chi connectivity index (χ2n) is 6.74. The molecule has 0 radical (unpaired) electrons. The number of rotatable bonds is 10. The van der Waals surface area contributed by atoms with Crippen LogP contribution in [0.5, 0.6) is 0 Å². The molecular formula is C20H35N5OS. The Kier molecular flexibility index (Phi) is 9.62. The average molecular weight is 394 g/mol. The number of aliphatic imine (C=N–C) groups is 1. The molecule has 0 bridgehead atoms. The highest BCUT2D eigenvalue weighted by Crippen LogP contribution is 2.28. The van der Waals surface area contributed by atoms with E-state index in [1.807, 2.05) is 30.1 Å². The van der Waals surface area contributed by atoms with E-state index < -0.39 is 0 Å². The molecule has 152 valence electrons. The van der Waals surface area contributed by atoms with Gasteiger partial charge in [-0.15, -0.1) is 11.3 Å². The first kappa shape index (κ1) is 21.7. The van der Waals surface area contributed by atoms with Crippen molar-refractivity contribution in [3.05, 3.63) is 22.4 Å². The highest BCUT2D eigenvalue weighted by Gasteiger charge is 2.24. The molecule has 0 spiro atoms. The van der Waals surface area contributed by atoms with Crippen LogP contribution in [0.2, 0.25) is 0 Å². The maximum atomic E-state index is 12.2. The summed E-state index contributed by atoms with van der Waals surface area (Å²) >= 11 is 1.81. The van der Waals surface area contributed by atoms with Crippen molar-refractivity contribution >= 4 is 23.2 Å². The summed E-state index contributed by atoms with van der Waals surface area (Å²) < 4.78 is 0. The fourth-order valence-corrected chi connectivity index (χ4v) is 4.31. The summed E-state index contributed by atoms with van der Waals surface area (Å²) in [6.45, 7) is 12.1. The molecule has 1 fully saturated rings. The van der Waals surface area contributed by atoms with Crippen molar-refractivity contribution in [2.45, 2.75) is 46.1 Å². The second-order valence-corrected chi connectivity index (χ2v) is 7.72. The number of thiophene rings is 1. The number of amides is 1. The topological polar surface area (TPSA) is 60.0 Å². The van der Waals surface area contributed by atoms with Crippen molar-refractivity contribution in [1.82, 2.24) is 20.4 Å². The highest BCUT2D eigenvalue weighted by atomic mass is 32.1. The van der Waals surface area contributed by atoms with Gasteiger partial charge >= 0.3 is 0 Å². The van der Waals surface area contributed by atoms with Crippen LogP contribution < -0.4 is 10.6 Å². The molecule has 1 aromatic heterocycles. The van der Waals surface area contributed by atoms with E-state index in [4.69, 9.17) is 4.99 Å². The number of carbonyl (C=O) groups excluding carboxylic acids is 1. The van der Waals surface area contributed by atoms with Crippen LogP contribution >= 0.6 is 11.3 Å². The smallest absolute Gasteiger partial charge is 0.224 e. The van der Waals surface area contributed by atoms with Gasteiger partial charge in [0, 0.05) is 37.5 Å². The lowest BCUT2D eigenvalue weighted by atomic mass is 10.2. The lowest BCUT2D eigenvalue weighted by Gasteiger charge is -2.25. The summed E-state index contributed by atoms with van der Waals surface area (Å²) in [5.74, 6) is 0.988. The van der Waals surface area contributed by atoms with Crippen LogP contribution in [0.25, 0.3) is 0 Å². The zero-order chi connectivity index (χ0) is 19.5. The van der Waals surface area contributed by atoms with Gasteiger partial charge in [0.25, 0.3) is 0 Å². The molecule has 0 saturated carbocycles. The Bertz CT molecular complexity index is 565. The van der Waals surface area contributed by atoms with Gasteiger partial charge in [-0.25, -0.2) is 0 Å². The van der Waals surface area contributed by atoms with E-state index in [-0.39, 0.29) is 5.91 Å². The zero-order valence-electron chi connectivity index (χ0n) is 17.0. The van der Waals surface area contributed by atoms with Crippen molar-refractivity contribution in [3.8, 4) is 0 Å². The van der Waals surface area contributed by atoms with Gasteiger partial charge in [-0.1, -0.05) is 6.07 Å². The largest absolute Gasteiger partial charge is 0.357 e. The van der Waals surface area contributed by atoms with E-state index in [1.165, 1.54) is 17.7 Å². The maximum Gasteiger partial charge on any atom is 0.224 e. The fourth-order valence-electron chi connectivity index (χ4n) is 3.46. The number of guanidine groups is 1. The van der Waals surface area contributed by atoms with E-state index >= 15 is 0 Å². The molecule has 2 N–H and O–H groups in total. The molecule has 27 heavy (non-hydrogen) atoms. The Morgan fingerprint density at radius 2 is 2.00 bits per heavy atom. The molecule has 6 nitrogen and oxygen atoms in total. The predicted molar refractivity (Wildman–Crippen MR) is 114 cm³/mol. The van der Waals surface area contributed by atoms with Crippen LogP contribution in [0.4, 0.5) is 0 Å². The third-order valence-corrected chi connectivity index (χ3v) is 5.94. The number of carbonyl (C=O) groups is 1. The predicted octanol–water partition coefficient (Wildman–Crippen LogP) is 2.70. The summed E-state index contributed by atoms with van der Waals surface area (Å²) in [7, 11) is 0.